The number of hydrogen-bond donors (Lipinski definition) is 0. The van der Waals surface area contributed by atoms with Gasteiger partial charge in [0.2, 0.25) is 0 Å². The molecule has 0 atom stereocenters. The van der Waals surface area contributed by atoms with Gasteiger partial charge in [0, 0.05) is 19.0 Å². The normalized spacial score (nSPS) is 20.6. The van der Waals surface area contributed by atoms with E-state index >= 15 is 0 Å². The summed E-state index contributed by atoms with van der Waals surface area (Å²) in [5.41, 5.74) is -0.667. The van der Waals surface area contributed by atoms with E-state index in [0.717, 1.165) is 18.9 Å². The molecule has 0 radical (unpaired) electrons. The molecule has 1 aromatic heterocycles. The van der Waals surface area contributed by atoms with Crippen LogP contribution >= 0.6 is 0 Å². The molecule has 0 N–H and O–H groups in total. The quantitative estimate of drug-likeness (QED) is 0.828. The van der Waals surface area contributed by atoms with E-state index < -0.39 is 11.9 Å². The van der Waals surface area contributed by atoms with E-state index in [0.29, 0.717) is 26.3 Å². The second-order valence-corrected chi connectivity index (χ2v) is 6.07. The molecule has 3 rings (SSSR count). The van der Waals surface area contributed by atoms with Crippen LogP contribution in [-0.4, -0.2) is 48.4 Å². The molecule has 5 nitrogen and oxygen atoms in total. The Hall–Kier alpha value is -1.67. The van der Waals surface area contributed by atoms with Crippen molar-refractivity contribution in [3.05, 3.63) is 29.1 Å². The third kappa shape index (κ3) is 3.54. The molecule has 3 heterocycles. The van der Waals surface area contributed by atoms with Gasteiger partial charge >= 0.3 is 6.18 Å². The number of nitrogens with zero attached hydrogens (tertiary/aromatic N) is 2. The zero-order valence-electron chi connectivity index (χ0n) is 13.3. The largest absolute Gasteiger partial charge is 0.433 e. The average Bonchev–Trinajstić information content (AvgIpc) is 3.08. The van der Waals surface area contributed by atoms with Crippen LogP contribution in [0.4, 0.5) is 13.2 Å². The number of halogens is 3. The Kier molecular flexibility index (Phi) is 4.78. The first-order valence-corrected chi connectivity index (χ1v) is 7.93. The monoisotopic (exact) mass is 344 g/mol. The third-order valence-electron chi connectivity index (χ3n) is 4.47. The van der Waals surface area contributed by atoms with Crippen LogP contribution in [0.15, 0.2) is 12.1 Å². The summed E-state index contributed by atoms with van der Waals surface area (Å²) < 4.78 is 49.0. The fourth-order valence-corrected chi connectivity index (χ4v) is 3.14. The Balaban J connectivity index is 1.65. The summed E-state index contributed by atoms with van der Waals surface area (Å²) in [5, 5.41) is 0. The van der Waals surface area contributed by atoms with Crippen LogP contribution < -0.4 is 0 Å². The lowest BCUT2D eigenvalue weighted by atomic mass is 9.95. The molecular weight excluding hydrogens is 325 g/mol. The predicted octanol–water partition coefficient (Wildman–Crippen LogP) is 2.63. The fourth-order valence-electron chi connectivity index (χ4n) is 3.14. The van der Waals surface area contributed by atoms with Crippen molar-refractivity contribution in [2.45, 2.75) is 32.2 Å². The van der Waals surface area contributed by atoms with Gasteiger partial charge in [0.05, 0.1) is 24.5 Å². The lowest BCUT2D eigenvalue weighted by Crippen LogP contribution is -2.41. The van der Waals surface area contributed by atoms with Crippen molar-refractivity contribution < 1.29 is 27.4 Å². The number of amides is 1. The number of piperidine rings is 1. The maximum Gasteiger partial charge on any atom is 0.433 e. The van der Waals surface area contributed by atoms with Gasteiger partial charge in [-0.15, -0.1) is 0 Å². The minimum absolute atomic E-state index is 0.0967. The minimum atomic E-state index is -4.51. The number of aromatic nitrogens is 1. The molecule has 2 aliphatic rings. The molecule has 132 valence electrons. The summed E-state index contributed by atoms with van der Waals surface area (Å²) in [6.45, 7) is 3.69. The van der Waals surface area contributed by atoms with E-state index in [-0.39, 0.29) is 29.4 Å². The number of carbonyl (C=O) groups excluding carboxylic acids is 1. The summed E-state index contributed by atoms with van der Waals surface area (Å²) in [4.78, 5) is 17.7. The smallest absolute Gasteiger partial charge is 0.350 e. The topological polar surface area (TPSA) is 51.7 Å². The molecule has 8 heteroatoms. The van der Waals surface area contributed by atoms with Gasteiger partial charge < -0.3 is 14.4 Å². The number of alkyl halides is 3. The van der Waals surface area contributed by atoms with Crippen molar-refractivity contribution >= 4 is 5.91 Å². The van der Waals surface area contributed by atoms with Crippen LogP contribution in [0, 0.1) is 12.8 Å². The highest BCUT2D eigenvalue weighted by Gasteiger charge is 2.35. The van der Waals surface area contributed by atoms with Crippen molar-refractivity contribution in [1.82, 2.24) is 9.88 Å². The van der Waals surface area contributed by atoms with Crippen LogP contribution in [0.1, 0.15) is 34.6 Å². The molecule has 2 aliphatic heterocycles. The van der Waals surface area contributed by atoms with E-state index in [2.05, 4.69) is 4.98 Å². The Labute approximate surface area is 137 Å². The predicted molar refractivity (Wildman–Crippen MR) is 78.3 cm³/mol. The minimum Gasteiger partial charge on any atom is -0.350 e. The standard InChI is InChI=1S/C16H19F3N2O3/c1-10-12(2-3-13(20-10)16(17,18)19)14(22)21-6-4-11(5-7-21)15-23-8-9-24-15/h2-3,11,15H,4-9H2,1H3. The highest BCUT2D eigenvalue weighted by Crippen LogP contribution is 2.29. The Morgan fingerprint density at radius 3 is 2.38 bits per heavy atom. The highest BCUT2D eigenvalue weighted by molar-refractivity contribution is 5.95. The molecule has 2 saturated heterocycles. The van der Waals surface area contributed by atoms with Gasteiger partial charge in [0.1, 0.15) is 5.69 Å². The van der Waals surface area contributed by atoms with Gasteiger partial charge in [-0.25, -0.2) is 4.98 Å². The Morgan fingerprint density at radius 1 is 1.21 bits per heavy atom. The number of likely N-dealkylation sites (tertiary alicyclic amines) is 1. The first-order chi connectivity index (χ1) is 11.4. The van der Waals surface area contributed by atoms with Crippen molar-refractivity contribution in [3.8, 4) is 0 Å². The summed E-state index contributed by atoms with van der Waals surface area (Å²) in [6.07, 6.45) is -3.20. The van der Waals surface area contributed by atoms with Crippen molar-refractivity contribution in [2.24, 2.45) is 5.92 Å². The second kappa shape index (κ2) is 6.68. The SMILES string of the molecule is Cc1nc(C(F)(F)F)ccc1C(=O)N1CCC(C2OCCO2)CC1. The van der Waals surface area contributed by atoms with Crippen molar-refractivity contribution in [2.75, 3.05) is 26.3 Å². The zero-order valence-corrected chi connectivity index (χ0v) is 13.3. The number of aryl methyl sites for hydroxylation is 1. The van der Waals surface area contributed by atoms with Crippen LogP contribution in [0.2, 0.25) is 0 Å². The van der Waals surface area contributed by atoms with Crippen molar-refractivity contribution in [1.29, 1.82) is 0 Å². The van der Waals surface area contributed by atoms with Gasteiger partial charge in [-0.2, -0.15) is 13.2 Å². The Bertz CT molecular complexity index is 607. The molecule has 0 aromatic carbocycles. The van der Waals surface area contributed by atoms with Crippen LogP contribution in [0.3, 0.4) is 0 Å². The fraction of sp³-hybridized carbons (Fsp3) is 0.625. The van der Waals surface area contributed by atoms with Gasteiger partial charge in [-0.05, 0) is 31.9 Å². The number of ether oxygens (including phenoxy) is 2. The molecule has 0 unspecified atom stereocenters. The summed E-state index contributed by atoms with van der Waals surface area (Å²) in [7, 11) is 0. The summed E-state index contributed by atoms with van der Waals surface area (Å²) >= 11 is 0. The van der Waals surface area contributed by atoms with Crippen LogP contribution in [0.5, 0.6) is 0 Å². The average molecular weight is 344 g/mol. The zero-order chi connectivity index (χ0) is 17.3. The van der Waals surface area contributed by atoms with E-state index in [4.69, 9.17) is 9.47 Å². The van der Waals surface area contributed by atoms with Crippen LogP contribution in [0.25, 0.3) is 0 Å². The molecule has 0 bridgehead atoms. The molecule has 1 aromatic rings. The Morgan fingerprint density at radius 2 is 1.83 bits per heavy atom. The van der Waals surface area contributed by atoms with Gasteiger partial charge in [0.15, 0.2) is 6.29 Å². The van der Waals surface area contributed by atoms with E-state index in [1.807, 2.05) is 0 Å². The van der Waals surface area contributed by atoms with Crippen LogP contribution in [-0.2, 0) is 15.7 Å². The van der Waals surface area contributed by atoms with E-state index in [1.165, 1.54) is 13.0 Å². The highest BCUT2D eigenvalue weighted by atomic mass is 19.4. The lowest BCUT2D eigenvalue weighted by molar-refractivity contribution is -0.141. The molecule has 0 aliphatic carbocycles. The first-order valence-electron chi connectivity index (χ1n) is 7.93. The molecule has 0 saturated carbocycles. The van der Waals surface area contributed by atoms with E-state index in [1.54, 1.807) is 4.90 Å². The number of carbonyl (C=O) groups is 1. The number of rotatable bonds is 2. The molecule has 1 amide bonds. The van der Waals surface area contributed by atoms with Gasteiger partial charge in [-0.3, -0.25) is 4.79 Å². The first kappa shape index (κ1) is 17.2. The summed E-state index contributed by atoms with van der Waals surface area (Å²) in [6, 6.07) is 2.07. The number of hydrogen-bond acceptors (Lipinski definition) is 4. The van der Waals surface area contributed by atoms with E-state index in [9.17, 15) is 18.0 Å². The second-order valence-electron chi connectivity index (χ2n) is 6.07. The number of pyridine rings is 1. The van der Waals surface area contributed by atoms with Gasteiger partial charge in [0.25, 0.3) is 5.91 Å². The van der Waals surface area contributed by atoms with Gasteiger partial charge in [-0.1, -0.05) is 0 Å². The molecule has 2 fully saturated rings. The lowest BCUT2D eigenvalue weighted by Gasteiger charge is -2.34. The van der Waals surface area contributed by atoms with Crippen molar-refractivity contribution in [3.63, 3.8) is 0 Å². The third-order valence-corrected chi connectivity index (χ3v) is 4.47. The maximum atomic E-state index is 12.7. The summed E-state index contributed by atoms with van der Waals surface area (Å²) in [5.74, 6) is -0.0242. The molecule has 0 spiro atoms. The molecular formula is C16H19F3N2O3. The maximum absolute atomic E-state index is 12.7. The molecule has 24 heavy (non-hydrogen) atoms.